The van der Waals surface area contributed by atoms with Gasteiger partial charge in [-0.15, -0.1) is 0 Å². The summed E-state index contributed by atoms with van der Waals surface area (Å²) in [6.45, 7) is -0.0420. The molecule has 2 aromatic heterocycles. The van der Waals surface area contributed by atoms with Crippen LogP contribution in [0.15, 0.2) is 188 Å². The van der Waals surface area contributed by atoms with E-state index >= 15 is 0 Å². The van der Waals surface area contributed by atoms with Crippen molar-refractivity contribution in [2.45, 2.75) is 0 Å². The number of ether oxygens (including phenoxy) is 2. The first-order chi connectivity index (χ1) is 26.3. The highest BCUT2D eigenvalue weighted by Crippen LogP contribution is 2.34. The molecule has 2 aliphatic rings. The molecule has 0 atom stereocenters. The van der Waals surface area contributed by atoms with Gasteiger partial charge in [0.25, 0.3) is 6.71 Å². The van der Waals surface area contributed by atoms with Crippen LogP contribution in [-0.2, 0) is 0 Å². The number of hydrogen-bond donors (Lipinski definition) is 0. The predicted octanol–water partition coefficient (Wildman–Crippen LogP) is 6.28. The molecule has 0 amide bonds. The molecule has 0 N–H and O–H groups in total. The van der Waals surface area contributed by atoms with Crippen molar-refractivity contribution < 1.29 is 9.47 Å². The molecule has 0 bridgehead atoms. The van der Waals surface area contributed by atoms with Gasteiger partial charge in [0.2, 0.25) is 14.0 Å². The van der Waals surface area contributed by atoms with Gasteiger partial charge < -0.3 is 14.0 Å². The van der Waals surface area contributed by atoms with Gasteiger partial charge in [-0.05, 0) is 69.0 Å². The highest BCUT2D eigenvalue weighted by atomic mass is 28.3. The van der Waals surface area contributed by atoms with Crippen molar-refractivity contribution in [1.29, 1.82) is 0 Å². The zero-order valence-corrected chi connectivity index (χ0v) is 29.7. The molecule has 4 heterocycles. The van der Waals surface area contributed by atoms with Crippen LogP contribution in [0, 0.1) is 0 Å². The standard InChI is InChI=1S/C47H31BN2O2Si/c1-3-17-33(18-4-1)53(34-19-5-2-6-20-34,35-21-15-16-32(30-35)50-40-26-11-7-22-36(40)37-23-8-12-27-41(37)50)45-31-44-46-47(49-45)52-43-29-14-10-25-39(43)48(46)38-24-9-13-28-42(38)51-44/h1-31H. The van der Waals surface area contributed by atoms with Crippen LogP contribution in [0.2, 0.25) is 0 Å². The number of nitrogens with zero attached hydrogens (tertiary/aromatic N) is 2. The van der Waals surface area contributed by atoms with Gasteiger partial charge in [0, 0.05) is 27.2 Å². The van der Waals surface area contributed by atoms with Gasteiger partial charge in [0.1, 0.15) is 17.2 Å². The monoisotopic (exact) mass is 694 g/mol. The van der Waals surface area contributed by atoms with E-state index in [1.54, 1.807) is 0 Å². The van der Waals surface area contributed by atoms with Gasteiger partial charge in [-0.1, -0.05) is 146 Å². The van der Waals surface area contributed by atoms with Crippen LogP contribution in [0.1, 0.15) is 0 Å². The summed E-state index contributed by atoms with van der Waals surface area (Å²) in [6.07, 6.45) is 0. The number of hydrogen-bond acceptors (Lipinski definition) is 3. The van der Waals surface area contributed by atoms with E-state index in [1.165, 1.54) is 37.4 Å². The molecule has 0 aliphatic carbocycles. The Morgan fingerprint density at radius 3 is 1.62 bits per heavy atom. The second kappa shape index (κ2) is 11.7. The number of fused-ring (bicyclic) bond motifs is 7. The van der Waals surface area contributed by atoms with Crippen molar-refractivity contribution >= 4 is 73.9 Å². The maximum Gasteiger partial charge on any atom is 0.262 e. The van der Waals surface area contributed by atoms with Crippen LogP contribution < -0.4 is 46.7 Å². The number of aromatic nitrogens is 2. The molecule has 0 unspecified atom stereocenters. The second-order valence-corrected chi connectivity index (χ2v) is 17.6. The van der Waals surface area contributed by atoms with Crippen molar-refractivity contribution in [3.63, 3.8) is 0 Å². The lowest BCUT2D eigenvalue weighted by molar-refractivity contribution is 0.452. The summed E-state index contributed by atoms with van der Waals surface area (Å²) in [5.74, 6) is 3.10. The smallest absolute Gasteiger partial charge is 0.262 e. The first-order valence-electron chi connectivity index (χ1n) is 18.1. The Bertz CT molecular complexity index is 2710. The van der Waals surface area contributed by atoms with E-state index in [-0.39, 0.29) is 6.71 Å². The molecule has 53 heavy (non-hydrogen) atoms. The Morgan fingerprint density at radius 1 is 0.453 bits per heavy atom. The highest BCUT2D eigenvalue weighted by molar-refractivity contribution is 7.19. The average molecular weight is 695 g/mol. The van der Waals surface area contributed by atoms with Crippen molar-refractivity contribution in [3.8, 4) is 28.8 Å². The van der Waals surface area contributed by atoms with Crippen molar-refractivity contribution in [2.75, 3.05) is 0 Å². The fraction of sp³-hybridized carbons (Fsp3) is 0. The molecular formula is C47H31BN2O2Si. The number of para-hydroxylation sites is 4. The molecule has 7 aromatic carbocycles. The number of benzene rings is 7. The van der Waals surface area contributed by atoms with Crippen LogP contribution in [0.3, 0.4) is 0 Å². The zero-order valence-electron chi connectivity index (χ0n) is 28.7. The molecule has 0 spiro atoms. The molecule has 0 fully saturated rings. The van der Waals surface area contributed by atoms with Crippen LogP contribution in [0.25, 0.3) is 27.5 Å². The molecular weight excluding hydrogens is 663 g/mol. The number of rotatable bonds is 5. The van der Waals surface area contributed by atoms with E-state index < -0.39 is 8.07 Å². The van der Waals surface area contributed by atoms with Gasteiger partial charge in [-0.25, -0.2) is 4.98 Å². The van der Waals surface area contributed by atoms with E-state index in [1.807, 2.05) is 12.1 Å². The summed E-state index contributed by atoms with van der Waals surface area (Å²) in [7, 11) is -3.15. The third-order valence-corrected chi connectivity index (χ3v) is 15.7. The Morgan fingerprint density at radius 2 is 0.981 bits per heavy atom. The minimum Gasteiger partial charge on any atom is -0.458 e. The van der Waals surface area contributed by atoms with E-state index in [0.717, 1.165) is 44.6 Å². The molecule has 0 radical (unpaired) electrons. The van der Waals surface area contributed by atoms with E-state index in [2.05, 4.69) is 180 Å². The summed E-state index contributed by atoms with van der Waals surface area (Å²) in [5, 5.41) is 7.12. The van der Waals surface area contributed by atoms with Crippen LogP contribution in [-0.4, -0.2) is 24.3 Å². The summed E-state index contributed by atoms with van der Waals surface area (Å²) in [4.78, 5) is 5.62. The lowest BCUT2D eigenvalue weighted by Gasteiger charge is -2.37. The molecule has 0 saturated carbocycles. The largest absolute Gasteiger partial charge is 0.458 e. The quantitative estimate of drug-likeness (QED) is 0.157. The van der Waals surface area contributed by atoms with Gasteiger partial charge in [-0.3, -0.25) is 0 Å². The Labute approximate surface area is 308 Å². The Kier molecular flexibility index (Phi) is 6.63. The molecule has 6 heteroatoms. The van der Waals surface area contributed by atoms with Crippen molar-refractivity contribution in [3.05, 3.63) is 188 Å². The minimum absolute atomic E-state index is 0.0420. The van der Waals surface area contributed by atoms with Gasteiger partial charge in [0.05, 0.1) is 11.0 Å². The zero-order chi connectivity index (χ0) is 34.9. The average Bonchev–Trinajstić information content (AvgIpc) is 3.56. The normalized spacial score (nSPS) is 12.8. The SMILES string of the molecule is c1ccc([Si](c2ccccc2)(c2cccc(-n3c4ccccc4c4ccccc43)c2)c2cc3c4c(n2)Oc2ccccc2B4c2ccccc2O3)cc1. The third kappa shape index (κ3) is 4.39. The van der Waals surface area contributed by atoms with Gasteiger partial charge >= 0.3 is 0 Å². The highest BCUT2D eigenvalue weighted by Gasteiger charge is 2.47. The third-order valence-electron chi connectivity index (χ3n) is 11.1. The molecule has 11 rings (SSSR count). The molecule has 9 aromatic rings. The Balaban J connectivity index is 1.22. The first kappa shape index (κ1) is 30.0. The van der Waals surface area contributed by atoms with Crippen LogP contribution >= 0.6 is 0 Å². The minimum atomic E-state index is -3.15. The summed E-state index contributed by atoms with van der Waals surface area (Å²) >= 11 is 0. The number of pyridine rings is 1. The Hall–Kier alpha value is -6.63. The van der Waals surface area contributed by atoms with Crippen LogP contribution in [0.4, 0.5) is 0 Å². The van der Waals surface area contributed by atoms with E-state index in [0.29, 0.717) is 5.88 Å². The topological polar surface area (TPSA) is 36.3 Å². The predicted molar refractivity (Wildman–Crippen MR) is 220 cm³/mol. The fourth-order valence-electron chi connectivity index (χ4n) is 8.85. The molecule has 4 nitrogen and oxygen atoms in total. The lowest BCUT2D eigenvalue weighted by atomic mass is 9.35. The van der Waals surface area contributed by atoms with Gasteiger partial charge in [0.15, 0.2) is 0 Å². The lowest BCUT2D eigenvalue weighted by Crippen LogP contribution is -2.76. The maximum atomic E-state index is 6.86. The van der Waals surface area contributed by atoms with Crippen molar-refractivity contribution in [2.24, 2.45) is 0 Å². The summed E-state index contributed by atoms with van der Waals surface area (Å²) < 4.78 is 16.0. The molecule has 248 valence electrons. The summed E-state index contributed by atoms with van der Waals surface area (Å²) in [5.41, 5.74) is 6.70. The van der Waals surface area contributed by atoms with E-state index in [4.69, 9.17) is 14.5 Å². The summed E-state index contributed by atoms with van der Waals surface area (Å²) in [6, 6.07) is 67.3. The second-order valence-electron chi connectivity index (χ2n) is 13.8. The van der Waals surface area contributed by atoms with Crippen molar-refractivity contribution in [1.82, 2.24) is 9.55 Å². The molecule has 2 aliphatic heterocycles. The molecule has 0 saturated heterocycles. The maximum absolute atomic E-state index is 6.86. The fourth-order valence-corrected chi connectivity index (χ4v) is 13.5. The van der Waals surface area contributed by atoms with Gasteiger partial charge in [-0.2, -0.15) is 0 Å². The first-order valence-corrected chi connectivity index (χ1v) is 20.1. The van der Waals surface area contributed by atoms with Crippen LogP contribution in [0.5, 0.6) is 23.1 Å². The van der Waals surface area contributed by atoms with E-state index in [9.17, 15) is 0 Å².